The van der Waals surface area contributed by atoms with Crippen LogP contribution in [0.4, 0.5) is 5.82 Å². The van der Waals surface area contributed by atoms with Crippen molar-refractivity contribution < 1.29 is 14.4 Å². The summed E-state index contributed by atoms with van der Waals surface area (Å²) in [5.41, 5.74) is 0. The van der Waals surface area contributed by atoms with Gasteiger partial charge < -0.3 is 14.9 Å². The van der Waals surface area contributed by atoms with Gasteiger partial charge in [-0.3, -0.25) is 9.69 Å². The molecule has 6 nitrogen and oxygen atoms in total. The second kappa shape index (κ2) is 6.51. The van der Waals surface area contributed by atoms with Gasteiger partial charge in [0.15, 0.2) is 5.82 Å². The predicted molar refractivity (Wildman–Crippen MR) is 68.3 cm³/mol. The monoisotopic (exact) mass is 255 g/mol. The minimum atomic E-state index is -0.463. The van der Waals surface area contributed by atoms with Crippen molar-refractivity contribution in [3.8, 4) is 0 Å². The standard InChI is InChI=1S/C12H21N3O3/c1-8(2)15(6-9(3)16)7-12(17)13-11-5-10(4)18-14-11/h5,8-9,16H,6-7H2,1-4H3,(H,13,14,17). The molecule has 6 heteroatoms. The molecular formula is C12H21N3O3. The van der Waals surface area contributed by atoms with E-state index in [4.69, 9.17) is 4.52 Å². The third-order valence-corrected chi connectivity index (χ3v) is 2.47. The zero-order chi connectivity index (χ0) is 13.7. The van der Waals surface area contributed by atoms with Crippen LogP contribution < -0.4 is 5.32 Å². The molecule has 0 fully saturated rings. The van der Waals surface area contributed by atoms with Crippen LogP contribution in [-0.2, 0) is 4.79 Å². The highest BCUT2D eigenvalue weighted by Crippen LogP contribution is 2.07. The van der Waals surface area contributed by atoms with Crippen molar-refractivity contribution in [1.82, 2.24) is 10.1 Å². The number of aliphatic hydroxyl groups is 1. The molecule has 1 aromatic rings. The van der Waals surface area contributed by atoms with Gasteiger partial charge >= 0.3 is 0 Å². The number of aliphatic hydroxyl groups excluding tert-OH is 1. The molecule has 18 heavy (non-hydrogen) atoms. The van der Waals surface area contributed by atoms with E-state index < -0.39 is 6.10 Å². The summed E-state index contributed by atoms with van der Waals surface area (Å²) in [6.07, 6.45) is -0.463. The molecule has 0 aliphatic carbocycles. The van der Waals surface area contributed by atoms with E-state index in [9.17, 15) is 9.90 Å². The smallest absolute Gasteiger partial charge is 0.239 e. The largest absolute Gasteiger partial charge is 0.392 e. The first-order valence-corrected chi connectivity index (χ1v) is 6.03. The molecule has 1 rings (SSSR count). The summed E-state index contributed by atoms with van der Waals surface area (Å²) in [6.45, 7) is 8.11. The molecule has 0 aromatic carbocycles. The van der Waals surface area contributed by atoms with Crippen molar-refractivity contribution in [1.29, 1.82) is 0 Å². The predicted octanol–water partition coefficient (Wildman–Crippen LogP) is 1.01. The van der Waals surface area contributed by atoms with Crippen LogP contribution in [0.5, 0.6) is 0 Å². The lowest BCUT2D eigenvalue weighted by molar-refractivity contribution is -0.118. The number of rotatable bonds is 6. The maximum Gasteiger partial charge on any atom is 0.239 e. The van der Waals surface area contributed by atoms with Gasteiger partial charge in [0.25, 0.3) is 0 Å². The third kappa shape index (κ3) is 4.85. The van der Waals surface area contributed by atoms with Crippen molar-refractivity contribution in [3.05, 3.63) is 11.8 Å². The van der Waals surface area contributed by atoms with Gasteiger partial charge in [-0.25, -0.2) is 0 Å². The summed E-state index contributed by atoms with van der Waals surface area (Å²) in [6, 6.07) is 1.84. The Bertz CT molecular complexity index is 388. The first kappa shape index (κ1) is 14.7. The van der Waals surface area contributed by atoms with Gasteiger partial charge in [-0.1, -0.05) is 5.16 Å². The van der Waals surface area contributed by atoms with Crippen LogP contribution in [0.3, 0.4) is 0 Å². The fraction of sp³-hybridized carbons (Fsp3) is 0.667. The van der Waals surface area contributed by atoms with E-state index >= 15 is 0 Å². The highest BCUT2D eigenvalue weighted by Gasteiger charge is 2.16. The first-order valence-electron chi connectivity index (χ1n) is 6.03. The van der Waals surface area contributed by atoms with E-state index in [-0.39, 0.29) is 18.5 Å². The first-order chi connectivity index (χ1) is 8.38. The van der Waals surface area contributed by atoms with Gasteiger partial charge in [-0.15, -0.1) is 0 Å². The van der Waals surface area contributed by atoms with Gasteiger partial charge in [0, 0.05) is 18.7 Å². The zero-order valence-corrected chi connectivity index (χ0v) is 11.3. The quantitative estimate of drug-likeness (QED) is 0.793. The maximum absolute atomic E-state index is 11.8. The Morgan fingerprint density at radius 2 is 2.22 bits per heavy atom. The Balaban J connectivity index is 2.51. The van der Waals surface area contributed by atoms with Crippen molar-refractivity contribution in [2.24, 2.45) is 0 Å². The number of carbonyl (C=O) groups is 1. The lowest BCUT2D eigenvalue weighted by atomic mass is 10.2. The van der Waals surface area contributed by atoms with Crippen LogP contribution >= 0.6 is 0 Å². The van der Waals surface area contributed by atoms with Gasteiger partial charge in [0.2, 0.25) is 5.91 Å². The maximum atomic E-state index is 11.8. The van der Waals surface area contributed by atoms with Crippen LogP contribution in [0.1, 0.15) is 26.5 Å². The normalized spacial score (nSPS) is 13.1. The molecule has 0 aliphatic heterocycles. The molecule has 0 spiro atoms. The minimum Gasteiger partial charge on any atom is -0.392 e. The third-order valence-electron chi connectivity index (χ3n) is 2.47. The van der Waals surface area contributed by atoms with Crippen molar-refractivity contribution in [2.75, 3.05) is 18.4 Å². The Hall–Kier alpha value is -1.40. The summed E-state index contributed by atoms with van der Waals surface area (Å²) >= 11 is 0. The molecule has 102 valence electrons. The average molecular weight is 255 g/mol. The highest BCUT2D eigenvalue weighted by molar-refractivity contribution is 5.91. The fourth-order valence-corrected chi connectivity index (χ4v) is 1.59. The van der Waals surface area contributed by atoms with Crippen LogP contribution in [0, 0.1) is 6.92 Å². The van der Waals surface area contributed by atoms with Crippen LogP contribution in [0.2, 0.25) is 0 Å². The number of nitrogens with one attached hydrogen (secondary N) is 1. The van der Waals surface area contributed by atoms with E-state index in [2.05, 4.69) is 10.5 Å². The lowest BCUT2D eigenvalue weighted by Crippen LogP contribution is -2.41. The van der Waals surface area contributed by atoms with Gasteiger partial charge in [-0.05, 0) is 27.7 Å². The second-order valence-corrected chi connectivity index (χ2v) is 4.74. The Labute approximate surface area is 107 Å². The molecule has 1 atom stereocenters. The van der Waals surface area contributed by atoms with E-state index in [1.807, 2.05) is 18.7 Å². The average Bonchev–Trinajstić information content (AvgIpc) is 2.62. The van der Waals surface area contributed by atoms with Gasteiger partial charge in [0.05, 0.1) is 12.6 Å². The molecule has 0 bridgehead atoms. The molecular weight excluding hydrogens is 234 g/mol. The molecule has 0 saturated carbocycles. The van der Waals surface area contributed by atoms with Crippen LogP contribution in [0.25, 0.3) is 0 Å². The number of hydrogen-bond acceptors (Lipinski definition) is 5. The van der Waals surface area contributed by atoms with Gasteiger partial charge in [0.1, 0.15) is 5.76 Å². The summed E-state index contributed by atoms with van der Waals surface area (Å²) in [5, 5.41) is 15.7. The molecule has 1 heterocycles. The number of nitrogens with zero attached hydrogens (tertiary/aromatic N) is 2. The fourth-order valence-electron chi connectivity index (χ4n) is 1.59. The van der Waals surface area contributed by atoms with Crippen LogP contribution in [-0.4, -0.2) is 46.3 Å². The summed E-state index contributed by atoms with van der Waals surface area (Å²) in [4.78, 5) is 13.7. The van der Waals surface area contributed by atoms with Crippen molar-refractivity contribution >= 4 is 11.7 Å². The van der Waals surface area contributed by atoms with E-state index in [1.165, 1.54) is 0 Å². The molecule has 1 aromatic heterocycles. The van der Waals surface area contributed by atoms with Crippen molar-refractivity contribution in [2.45, 2.75) is 39.8 Å². The molecule has 0 aliphatic rings. The number of aromatic nitrogens is 1. The molecule has 1 amide bonds. The lowest BCUT2D eigenvalue weighted by Gasteiger charge is -2.26. The number of carbonyl (C=O) groups excluding carboxylic acids is 1. The zero-order valence-electron chi connectivity index (χ0n) is 11.3. The Kier molecular flexibility index (Phi) is 5.30. The number of anilines is 1. The Morgan fingerprint density at radius 3 is 2.67 bits per heavy atom. The van der Waals surface area contributed by atoms with E-state index in [0.29, 0.717) is 18.1 Å². The topological polar surface area (TPSA) is 78.6 Å². The Morgan fingerprint density at radius 1 is 1.56 bits per heavy atom. The summed E-state index contributed by atoms with van der Waals surface area (Å²) < 4.78 is 4.86. The van der Waals surface area contributed by atoms with Gasteiger partial charge in [-0.2, -0.15) is 0 Å². The number of aryl methyl sites for hydroxylation is 1. The highest BCUT2D eigenvalue weighted by atomic mass is 16.5. The number of hydrogen-bond donors (Lipinski definition) is 2. The molecule has 0 radical (unpaired) electrons. The molecule has 2 N–H and O–H groups in total. The number of amides is 1. The summed E-state index contributed by atoms with van der Waals surface area (Å²) in [5.74, 6) is 0.894. The minimum absolute atomic E-state index is 0.169. The molecule has 1 unspecified atom stereocenters. The SMILES string of the molecule is Cc1cc(NC(=O)CN(CC(C)O)C(C)C)no1. The summed E-state index contributed by atoms with van der Waals surface area (Å²) in [7, 11) is 0. The second-order valence-electron chi connectivity index (χ2n) is 4.74. The van der Waals surface area contributed by atoms with E-state index in [0.717, 1.165) is 0 Å². The van der Waals surface area contributed by atoms with Crippen molar-refractivity contribution in [3.63, 3.8) is 0 Å². The van der Waals surface area contributed by atoms with Crippen LogP contribution in [0.15, 0.2) is 10.6 Å². The molecule has 0 saturated heterocycles. The van der Waals surface area contributed by atoms with E-state index in [1.54, 1.807) is 19.9 Å².